The van der Waals surface area contributed by atoms with Crippen LogP contribution in [-0.4, -0.2) is 39.7 Å². The van der Waals surface area contributed by atoms with Crippen molar-refractivity contribution in [2.75, 3.05) is 0 Å². The van der Waals surface area contributed by atoms with Crippen LogP contribution >= 0.6 is 0 Å². The van der Waals surface area contributed by atoms with E-state index in [1.165, 1.54) is 6.92 Å². The van der Waals surface area contributed by atoms with Crippen LogP contribution in [0.1, 0.15) is 6.92 Å². The summed E-state index contributed by atoms with van der Waals surface area (Å²) in [5.41, 5.74) is 0. The van der Waals surface area contributed by atoms with Crippen LogP contribution in [0, 0.1) is 0 Å². The molecule has 0 rings (SSSR count). The third kappa shape index (κ3) is 5.83. The van der Waals surface area contributed by atoms with Gasteiger partial charge in [0.15, 0.2) is 0 Å². The van der Waals surface area contributed by atoms with E-state index in [1.54, 1.807) is 0 Å². The summed E-state index contributed by atoms with van der Waals surface area (Å²) in [6.45, 7) is 1.22. The fourth-order valence-corrected chi connectivity index (χ4v) is 0.396. The number of carbonyl (C=O) groups is 2. The fourth-order valence-electron chi connectivity index (χ4n) is 0.396. The van der Waals surface area contributed by atoms with E-state index in [4.69, 9.17) is 15.3 Å². The summed E-state index contributed by atoms with van der Waals surface area (Å²) in [5, 5.41) is 25.6. The first-order valence-corrected chi connectivity index (χ1v) is 3.41. The Morgan fingerprint density at radius 2 is 1.85 bits per heavy atom. The molecule has 0 aromatic rings. The standard InChI is InChI=1S/C7H10O6/c1-4(8)7(12)13-6(11)3-2-5(9)10/h2-4,7-8,12H,1H3,(H,9,10)/b3-2-. The molecule has 74 valence electrons. The molecular formula is C7H10O6. The van der Waals surface area contributed by atoms with Gasteiger partial charge in [0.25, 0.3) is 0 Å². The molecule has 6 heteroatoms. The summed E-state index contributed by atoms with van der Waals surface area (Å²) < 4.78 is 4.18. The number of rotatable bonds is 4. The summed E-state index contributed by atoms with van der Waals surface area (Å²) in [6, 6.07) is 0. The summed E-state index contributed by atoms with van der Waals surface area (Å²) in [4.78, 5) is 20.5. The van der Waals surface area contributed by atoms with E-state index < -0.39 is 24.3 Å². The van der Waals surface area contributed by atoms with Crippen LogP contribution in [0.5, 0.6) is 0 Å². The molecule has 2 atom stereocenters. The minimum Gasteiger partial charge on any atom is -0.478 e. The van der Waals surface area contributed by atoms with Gasteiger partial charge >= 0.3 is 11.9 Å². The molecule has 0 aliphatic rings. The monoisotopic (exact) mass is 190 g/mol. The lowest BCUT2D eigenvalue weighted by Crippen LogP contribution is -2.27. The molecule has 2 unspecified atom stereocenters. The van der Waals surface area contributed by atoms with Gasteiger partial charge in [-0.3, -0.25) is 0 Å². The molecular weight excluding hydrogens is 180 g/mol. The van der Waals surface area contributed by atoms with Crippen LogP contribution in [0.3, 0.4) is 0 Å². The lowest BCUT2D eigenvalue weighted by Gasteiger charge is -2.12. The molecule has 0 bridgehead atoms. The molecule has 0 saturated carbocycles. The number of ether oxygens (including phenoxy) is 1. The number of carboxylic acid groups (broad SMARTS) is 1. The van der Waals surface area contributed by atoms with Gasteiger partial charge in [-0.25, -0.2) is 9.59 Å². The van der Waals surface area contributed by atoms with Crippen molar-refractivity contribution in [3.05, 3.63) is 12.2 Å². The van der Waals surface area contributed by atoms with Crippen LogP contribution in [0.15, 0.2) is 12.2 Å². The van der Waals surface area contributed by atoms with Crippen LogP contribution in [0.2, 0.25) is 0 Å². The number of aliphatic hydroxyl groups is 2. The van der Waals surface area contributed by atoms with Crippen LogP contribution in [0.4, 0.5) is 0 Å². The summed E-state index contributed by atoms with van der Waals surface area (Å²) in [5.74, 6) is -2.33. The van der Waals surface area contributed by atoms with Crippen molar-refractivity contribution in [2.24, 2.45) is 0 Å². The first-order chi connectivity index (χ1) is 5.93. The van der Waals surface area contributed by atoms with Gasteiger partial charge in [0.1, 0.15) is 6.10 Å². The quantitative estimate of drug-likeness (QED) is 0.294. The number of aliphatic carboxylic acids is 1. The second kappa shape index (κ2) is 5.28. The number of hydrogen-bond donors (Lipinski definition) is 3. The molecule has 0 amide bonds. The molecule has 0 spiro atoms. The van der Waals surface area contributed by atoms with E-state index in [0.29, 0.717) is 12.2 Å². The average molecular weight is 190 g/mol. The Labute approximate surface area is 74.1 Å². The highest BCUT2D eigenvalue weighted by molar-refractivity contribution is 5.90. The van der Waals surface area contributed by atoms with Gasteiger partial charge in [-0.15, -0.1) is 0 Å². The van der Waals surface area contributed by atoms with Crippen molar-refractivity contribution >= 4 is 11.9 Å². The van der Waals surface area contributed by atoms with Gasteiger partial charge in [0.05, 0.1) is 0 Å². The molecule has 6 nitrogen and oxygen atoms in total. The van der Waals surface area contributed by atoms with Gasteiger partial charge in [0, 0.05) is 12.2 Å². The lowest BCUT2D eigenvalue weighted by atomic mass is 10.4. The highest BCUT2D eigenvalue weighted by atomic mass is 16.6. The SMILES string of the molecule is CC(O)C(O)OC(=O)/C=C\C(=O)O. The van der Waals surface area contributed by atoms with E-state index in [1.807, 2.05) is 0 Å². The van der Waals surface area contributed by atoms with Crippen LogP contribution in [-0.2, 0) is 14.3 Å². The highest BCUT2D eigenvalue weighted by Crippen LogP contribution is 1.95. The molecule has 0 radical (unpaired) electrons. The maximum Gasteiger partial charge on any atom is 0.333 e. The maximum atomic E-state index is 10.6. The lowest BCUT2D eigenvalue weighted by molar-refractivity contribution is -0.178. The largest absolute Gasteiger partial charge is 0.478 e. The Balaban J connectivity index is 3.95. The summed E-state index contributed by atoms with van der Waals surface area (Å²) in [7, 11) is 0. The predicted octanol–water partition coefficient (Wildman–Crippen LogP) is -1.13. The topological polar surface area (TPSA) is 104 Å². The van der Waals surface area contributed by atoms with Crippen molar-refractivity contribution in [1.82, 2.24) is 0 Å². The zero-order chi connectivity index (χ0) is 10.4. The van der Waals surface area contributed by atoms with E-state index in [2.05, 4.69) is 4.74 Å². The number of hydrogen-bond acceptors (Lipinski definition) is 5. The minimum absolute atomic E-state index is 0.567. The summed E-state index contributed by atoms with van der Waals surface area (Å²) >= 11 is 0. The zero-order valence-corrected chi connectivity index (χ0v) is 6.88. The average Bonchev–Trinajstić information content (AvgIpc) is 2.00. The van der Waals surface area contributed by atoms with E-state index in [-0.39, 0.29) is 0 Å². The smallest absolute Gasteiger partial charge is 0.333 e. The normalized spacial score (nSPS) is 15.3. The van der Waals surface area contributed by atoms with E-state index in [9.17, 15) is 9.59 Å². The number of esters is 1. The van der Waals surface area contributed by atoms with Gasteiger partial charge in [-0.1, -0.05) is 0 Å². The Bertz CT molecular complexity index is 219. The second-order valence-corrected chi connectivity index (χ2v) is 2.24. The molecule has 0 aliphatic heterocycles. The van der Waals surface area contributed by atoms with Crippen molar-refractivity contribution in [1.29, 1.82) is 0 Å². The Morgan fingerprint density at radius 1 is 1.31 bits per heavy atom. The number of carbonyl (C=O) groups excluding carboxylic acids is 1. The number of carboxylic acids is 1. The predicted molar refractivity (Wildman–Crippen MR) is 40.6 cm³/mol. The Morgan fingerprint density at radius 3 is 2.23 bits per heavy atom. The van der Waals surface area contributed by atoms with Crippen molar-refractivity contribution in [3.63, 3.8) is 0 Å². The third-order valence-corrected chi connectivity index (χ3v) is 1.01. The second-order valence-electron chi connectivity index (χ2n) is 2.24. The molecule has 0 fully saturated rings. The zero-order valence-electron chi connectivity index (χ0n) is 6.88. The molecule has 0 saturated heterocycles. The van der Waals surface area contributed by atoms with E-state index >= 15 is 0 Å². The van der Waals surface area contributed by atoms with Crippen LogP contribution < -0.4 is 0 Å². The van der Waals surface area contributed by atoms with Gasteiger partial charge in [0.2, 0.25) is 6.29 Å². The maximum absolute atomic E-state index is 10.6. The fraction of sp³-hybridized carbons (Fsp3) is 0.429. The van der Waals surface area contributed by atoms with Gasteiger partial charge < -0.3 is 20.1 Å². The van der Waals surface area contributed by atoms with Crippen molar-refractivity contribution in [2.45, 2.75) is 19.3 Å². The van der Waals surface area contributed by atoms with Crippen molar-refractivity contribution in [3.8, 4) is 0 Å². The van der Waals surface area contributed by atoms with Gasteiger partial charge in [-0.2, -0.15) is 0 Å². The third-order valence-electron chi connectivity index (χ3n) is 1.01. The first kappa shape index (κ1) is 11.6. The minimum atomic E-state index is -1.65. The molecule has 0 aromatic carbocycles. The summed E-state index contributed by atoms with van der Waals surface area (Å²) in [6.07, 6.45) is -1.67. The number of aliphatic hydroxyl groups excluding tert-OH is 2. The molecule has 13 heavy (non-hydrogen) atoms. The molecule has 3 N–H and O–H groups in total. The van der Waals surface area contributed by atoms with Gasteiger partial charge in [-0.05, 0) is 6.92 Å². The Hall–Kier alpha value is -1.40. The first-order valence-electron chi connectivity index (χ1n) is 3.41. The highest BCUT2D eigenvalue weighted by Gasteiger charge is 2.14. The molecule has 0 aromatic heterocycles. The Kier molecular flexibility index (Phi) is 4.71. The molecule has 0 aliphatic carbocycles. The van der Waals surface area contributed by atoms with Crippen molar-refractivity contribution < 1.29 is 29.6 Å². The van der Waals surface area contributed by atoms with Crippen LogP contribution in [0.25, 0.3) is 0 Å². The van der Waals surface area contributed by atoms with E-state index in [0.717, 1.165) is 0 Å². The molecule has 0 heterocycles.